The molecule has 5 heteroatoms. The van der Waals surface area contributed by atoms with Crippen molar-refractivity contribution in [3.8, 4) is 0 Å². The minimum atomic E-state index is -0.469. The van der Waals surface area contributed by atoms with Gasteiger partial charge < -0.3 is 15.0 Å². The number of benzene rings is 3. The number of para-hydroxylation sites is 1. The topological polar surface area (TPSA) is 58.6 Å². The number of rotatable bonds is 6. The first-order chi connectivity index (χ1) is 17.9. The second-order valence-electron chi connectivity index (χ2n) is 11.4. The molecule has 0 radical (unpaired) electrons. The van der Waals surface area contributed by atoms with E-state index >= 15 is 0 Å². The largest absolute Gasteiger partial charge is 0.465 e. The molecule has 0 unspecified atom stereocenters. The van der Waals surface area contributed by atoms with Crippen molar-refractivity contribution in [1.29, 1.82) is 0 Å². The molecule has 4 saturated carbocycles. The lowest BCUT2D eigenvalue weighted by Gasteiger charge is -2.57. The molecule has 3 aromatic carbocycles. The molecule has 1 amide bonds. The van der Waals surface area contributed by atoms with Gasteiger partial charge in [0.15, 0.2) is 0 Å². The normalized spacial score (nSPS) is 25.5. The van der Waals surface area contributed by atoms with Crippen LogP contribution in [0.1, 0.15) is 64.8 Å². The molecular formula is C32H34N2O3. The van der Waals surface area contributed by atoms with Gasteiger partial charge in [-0.1, -0.05) is 24.3 Å². The molecule has 37 heavy (non-hydrogen) atoms. The van der Waals surface area contributed by atoms with Gasteiger partial charge in [0.1, 0.15) is 0 Å². The van der Waals surface area contributed by atoms with Gasteiger partial charge in [0.05, 0.1) is 18.4 Å². The molecule has 1 N–H and O–H groups in total. The van der Waals surface area contributed by atoms with Crippen molar-refractivity contribution in [3.63, 3.8) is 0 Å². The minimum absolute atomic E-state index is 0.192. The molecular weight excluding hydrogens is 460 g/mol. The van der Waals surface area contributed by atoms with E-state index in [1.54, 1.807) is 31.3 Å². The van der Waals surface area contributed by atoms with Gasteiger partial charge in [-0.05, 0) is 116 Å². The summed E-state index contributed by atoms with van der Waals surface area (Å²) in [4.78, 5) is 26.7. The fraction of sp³-hybridized carbons (Fsp3) is 0.375. The van der Waals surface area contributed by atoms with Gasteiger partial charge in [-0.2, -0.15) is 0 Å². The molecule has 0 atom stereocenters. The Hall–Kier alpha value is -3.60. The molecule has 190 valence electrons. The van der Waals surface area contributed by atoms with E-state index in [0.717, 1.165) is 29.1 Å². The second kappa shape index (κ2) is 9.37. The van der Waals surface area contributed by atoms with Crippen molar-refractivity contribution in [2.24, 2.45) is 17.8 Å². The third-order valence-electron chi connectivity index (χ3n) is 8.93. The fourth-order valence-electron chi connectivity index (χ4n) is 7.59. The van der Waals surface area contributed by atoms with E-state index in [-0.39, 0.29) is 5.91 Å². The number of amides is 1. The lowest BCUT2D eigenvalue weighted by atomic mass is 9.48. The number of nitrogens with zero attached hydrogens (tertiary/aromatic N) is 1. The number of ether oxygens (including phenoxy) is 1. The average molecular weight is 495 g/mol. The smallest absolute Gasteiger partial charge is 0.339 e. The third kappa shape index (κ3) is 4.41. The standard InChI is InChI=1S/C32H34N2O3/c1-34(29-6-4-3-5-28(29)31(36)37-2)30(35)24-7-11-26(12-8-24)33-27-13-9-25(10-14-27)32-18-21-15-22(19-32)17-23(16-21)20-32/h3-14,21-23,33H,15-20H2,1-2H3. The lowest BCUT2D eigenvalue weighted by molar-refractivity contribution is -0.00518. The minimum Gasteiger partial charge on any atom is -0.465 e. The number of hydrogen-bond acceptors (Lipinski definition) is 4. The average Bonchev–Trinajstić information content (AvgIpc) is 2.92. The zero-order valence-electron chi connectivity index (χ0n) is 21.6. The summed E-state index contributed by atoms with van der Waals surface area (Å²) in [6, 6.07) is 23.5. The van der Waals surface area contributed by atoms with Gasteiger partial charge in [0, 0.05) is 24.0 Å². The number of nitrogens with one attached hydrogen (secondary N) is 1. The quantitative estimate of drug-likeness (QED) is 0.376. The van der Waals surface area contributed by atoms with Crippen molar-refractivity contribution in [3.05, 3.63) is 89.5 Å². The van der Waals surface area contributed by atoms with E-state index in [2.05, 4.69) is 29.6 Å². The molecule has 4 aliphatic carbocycles. The number of carbonyl (C=O) groups is 2. The first-order valence-electron chi connectivity index (χ1n) is 13.4. The van der Waals surface area contributed by atoms with E-state index in [1.807, 2.05) is 24.3 Å². The van der Waals surface area contributed by atoms with Crippen LogP contribution in [0.25, 0.3) is 0 Å². The second-order valence-corrected chi connectivity index (χ2v) is 11.4. The molecule has 5 nitrogen and oxygen atoms in total. The first kappa shape index (κ1) is 23.8. The van der Waals surface area contributed by atoms with Crippen molar-refractivity contribution in [2.75, 3.05) is 24.4 Å². The van der Waals surface area contributed by atoms with Crippen molar-refractivity contribution in [1.82, 2.24) is 0 Å². The molecule has 4 bridgehead atoms. The molecule has 4 fully saturated rings. The monoisotopic (exact) mass is 494 g/mol. The summed E-state index contributed by atoms with van der Waals surface area (Å²) in [5.41, 5.74) is 5.33. The highest BCUT2D eigenvalue weighted by Gasteiger charge is 2.51. The summed E-state index contributed by atoms with van der Waals surface area (Å²) in [6.45, 7) is 0. The summed E-state index contributed by atoms with van der Waals surface area (Å²) in [5.74, 6) is 2.17. The highest BCUT2D eigenvalue weighted by Crippen LogP contribution is 2.60. The van der Waals surface area contributed by atoms with Crippen LogP contribution >= 0.6 is 0 Å². The van der Waals surface area contributed by atoms with Crippen LogP contribution in [0.3, 0.4) is 0 Å². The van der Waals surface area contributed by atoms with Crippen molar-refractivity contribution < 1.29 is 14.3 Å². The maximum Gasteiger partial charge on any atom is 0.339 e. The number of hydrogen-bond donors (Lipinski definition) is 1. The maximum atomic E-state index is 13.1. The van der Waals surface area contributed by atoms with Crippen molar-refractivity contribution in [2.45, 2.75) is 43.9 Å². The van der Waals surface area contributed by atoms with Crippen LogP contribution in [0, 0.1) is 17.8 Å². The SMILES string of the molecule is COC(=O)c1ccccc1N(C)C(=O)c1ccc(Nc2ccc(C34CC5CC(CC(C5)C3)C4)cc2)cc1. The number of esters is 1. The number of carbonyl (C=O) groups excluding carboxylic acids is 2. The Labute approximate surface area is 218 Å². The zero-order valence-corrected chi connectivity index (χ0v) is 21.6. The molecule has 0 saturated heterocycles. The van der Waals surface area contributed by atoms with E-state index in [1.165, 1.54) is 56.1 Å². The van der Waals surface area contributed by atoms with E-state index in [9.17, 15) is 9.59 Å². The van der Waals surface area contributed by atoms with Crippen LogP contribution in [0.15, 0.2) is 72.8 Å². The molecule has 4 aliphatic rings. The molecule has 7 rings (SSSR count). The van der Waals surface area contributed by atoms with Crippen LogP contribution in [0.2, 0.25) is 0 Å². The fourth-order valence-corrected chi connectivity index (χ4v) is 7.59. The number of anilines is 3. The van der Waals surface area contributed by atoms with Gasteiger partial charge in [-0.15, -0.1) is 0 Å². The Morgan fingerprint density at radius 1 is 0.811 bits per heavy atom. The van der Waals surface area contributed by atoms with Crippen LogP contribution in [-0.2, 0) is 10.2 Å². The third-order valence-corrected chi connectivity index (χ3v) is 8.93. The van der Waals surface area contributed by atoms with E-state index in [0.29, 0.717) is 22.2 Å². The Balaban J connectivity index is 1.13. The Bertz CT molecular complexity index is 1280. The van der Waals surface area contributed by atoms with Crippen LogP contribution in [0.5, 0.6) is 0 Å². The molecule has 0 aromatic heterocycles. The molecule has 0 aliphatic heterocycles. The summed E-state index contributed by atoms with van der Waals surface area (Å²) in [7, 11) is 3.00. The number of methoxy groups -OCH3 is 1. The van der Waals surface area contributed by atoms with E-state index < -0.39 is 5.97 Å². The van der Waals surface area contributed by atoms with Gasteiger partial charge in [-0.3, -0.25) is 4.79 Å². The Kier molecular flexibility index (Phi) is 6.02. The predicted molar refractivity (Wildman–Crippen MR) is 147 cm³/mol. The summed E-state index contributed by atoms with van der Waals surface area (Å²) < 4.78 is 4.87. The molecule has 0 heterocycles. The zero-order chi connectivity index (χ0) is 25.6. The lowest BCUT2D eigenvalue weighted by Crippen LogP contribution is -2.48. The summed E-state index contributed by atoms with van der Waals surface area (Å²) in [5, 5.41) is 3.48. The van der Waals surface area contributed by atoms with Gasteiger partial charge in [0.2, 0.25) is 0 Å². The Morgan fingerprint density at radius 3 is 1.92 bits per heavy atom. The first-order valence-corrected chi connectivity index (χ1v) is 13.4. The Morgan fingerprint density at radius 2 is 1.35 bits per heavy atom. The highest BCUT2D eigenvalue weighted by atomic mass is 16.5. The van der Waals surface area contributed by atoms with Crippen LogP contribution in [0.4, 0.5) is 17.1 Å². The van der Waals surface area contributed by atoms with Crippen LogP contribution < -0.4 is 10.2 Å². The summed E-state index contributed by atoms with van der Waals surface area (Å²) >= 11 is 0. The van der Waals surface area contributed by atoms with Gasteiger partial charge in [0.25, 0.3) is 5.91 Å². The molecule has 3 aromatic rings. The highest BCUT2D eigenvalue weighted by molar-refractivity contribution is 6.09. The maximum absolute atomic E-state index is 13.1. The van der Waals surface area contributed by atoms with Crippen LogP contribution in [-0.4, -0.2) is 26.0 Å². The predicted octanol–water partition coefficient (Wildman–Crippen LogP) is 6.96. The van der Waals surface area contributed by atoms with Gasteiger partial charge in [-0.25, -0.2) is 4.79 Å². The summed E-state index contributed by atoms with van der Waals surface area (Å²) in [6.07, 6.45) is 8.51. The van der Waals surface area contributed by atoms with E-state index in [4.69, 9.17) is 4.74 Å². The van der Waals surface area contributed by atoms with Gasteiger partial charge >= 0.3 is 5.97 Å². The van der Waals surface area contributed by atoms with Crippen molar-refractivity contribution >= 4 is 28.9 Å². The molecule has 0 spiro atoms.